The number of ether oxygens (including phenoxy) is 1. The number of carbonyl (C=O) groups is 1. The number of ketones is 1. The Bertz CT molecular complexity index is 482. The summed E-state index contributed by atoms with van der Waals surface area (Å²) in [5.74, 6) is 1.01. The van der Waals surface area contributed by atoms with Crippen molar-refractivity contribution in [3.8, 4) is 5.75 Å². The number of benzene rings is 1. The van der Waals surface area contributed by atoms with E-state index >= 15 is 0 Å². The molecule has 1 heterocycles. The summed E-state index contributed by atoms with van der Waals surface area (Å²) in [6.45, 7) is 10.1. The van der Waals surface area contributed by atoms with E-state index in [9.17, 15) is 4.79 Å². The van der Waals surface area contributed by atoms with Crippen molar-refractivity contribution in [3.05, 3.63) is 29.3 Å². The van der Waals surface area contributed by atoms with Crippen LogP contribution < -0.4 is 4.74 Å². The van der Waals surface area contributed by atoms with E-state index in [1.807, 2.05) is 18.2 Å². The Morgan fingerprint density at radius 3 is 2.80 bits per heavy atom. The average molecular weight is 275 g/mol. The van der Waals surface area contributed by atoms with Gasteiger partial charge in [0.2, 0.25) is 0 Å². The summed E-state index contributed by atoms with van der Waals surface area (Å²) in [4.78, 5) is 14.3. The molecule has 0 spiro atoms. The van der Waals surface area contributed by atoms with Gasteiger partial charge in [-0.1, -0.05) is 19.1 Å². The van der Waals surface area contributed by atoms with Gasteiger partial charge in [0.15, 0.2) is 5.78 Å². The molecule has 0 aromatic heterocycles. The minimum atomic E-state index is 0.123. The van der Waals surface area contributed by atoms with Crippen molar-refractivity contribution >= 4 is 5.78 Å². The van der Waals surface area contributed by atoms with Gasteiger partial charge in [-0.05, 0) is 46.2 Å². The third-order valence-corrected chi connectivity index (χ3v) is 4.00. The van der Waals surface area contributed by atoms with Crippen LogP contribution in [0.5, 0.6) is 5.75 Å². The van der Waals surface area contributed by atoms with Gasteiger partial charge in [0.1, 0.15) is 12.4 Å². The maximum atomic E-state index is 11.8. The van der Waals surface area contributed by atoms with Gasteiger partial charge in [0.25, 0.3) is 0 Å². The molecular weight excluding hydrogens is 250 g/mol. The van der Waals surface area contributed by atoms with Gasteiger partial charge >= 0.3 is 0 Å². The van der Waals surface area contributed by atoms with Crippen molar-refractivity contribution in [2.75, 3.05) is 13.2 Å². The first-order chi connectivity index (χ1) is 9.54. The quantitative estimate of drug-likeness (QED) is 0.772. The second-order valence-corrected chi connectivity index (χ2v) is 5.84. The molecule has 1 atom stereocenters. The van der Waals surface area contributed by atoms with Gasteiger partial charge in [0, 0.05) is 23.2 Å². The van der Waals surface area contributed by atoms with Crippen molar-refractivity contribution in [1.29, 1.82) is 0 Å². The van der Waals surface area contributed by atoms with Gasteiger partial charge in [-0.3, -0.25) is 9.69 Å². The molecule has 0 N–H and O–H groups in total. The average Bonchev–Trinajstić information content (AvgIpc) is 2.43. The molecule has 0 radical (unpaired) electrons. The van der Waals surface area contributed by atoms with E-state index in [-0.39, 0.29) is 5.78 Å². The zero-order valence-electron chi connectivity index (χ0n) is 13.0. The molecule has 20 heavy (non-hydrogen) atoms. The fourth-order valence-corrected chi connectivity index (χ4v) is 3.06. The minimum absolute atomic E-state index is 0.123. The number of nitrogens with zero attached hydrogens (tertiary/aromatic N) is 1. The van der Waals surface area contributed by atoms with E-state index < -0.39 is 0 Å². The monoisotopic (exact) mass is 275 g/mol. The van der Waals surface area contributed by atoms with Gasteiger partial charge in [-0.15, -0.1) is 0 Å². The highest BCUT2D eigenvalue weighted by Crippen LogP contribution is 2.30. The summed E-state index contributed by atoms with van der Waals surface area (Å²) in [5, 5.41) is 0. The van der Waals surface area contributed by atoms with Crippen molar-refractivity contribution in [2.45, 2.75) is 52.6 Å². The van der Waals surface area contributed by atoms with E-state index in [1.54, 1.807) is 6.92 Å². The molecule has 3 heteroatoms. The molecule has 0 fully saturated rings. The van der Waals surface area contributed by atoms with Crippen LogP contribution in [0.4, 0.5) is 0 Å². The highest BCUT2D eigenvalue weighted by molar-refractivity contribution is 5.96. The zero-order valence-corrected chi connectivity index (χ0v) is 13.0. The first-order valence-corrected chi connectivity index (χ1v) is 7.56. The van der Waals surface area contributed by atoms with Crippen LogP contribution in [-0.2, 0) is 6.42 Å². The largest absolute Gasteiger partial charge is 0.492 e. The van der Waals surface area contributed by atoms with E-state index in [0.717, 1.165) is 36.3 Å². The Labute approximate surface area is 121 Å². The fraction of sp³-hybridized carbons (Fsp3) is 0.588. The molecule has 1 aromatic carbocycles. The third-order valence-electron chi connectivity index (χ3n) is 4.00. The van der Waals surface area contributed by atoms with Crippen molar-refractivity contribution in [3.63, 3.8) is 0 Å². The van der Waals surface area contributed by atoms with Crippen molar-refractivity contribution < 1.29 is 9.53 Å². The highest BCUT2D eigenvalue weighted by Gasteiger charge is 2.28. The van der Waals surface area contributed by atoms with Gasteiger partial charge < -0.3 is 4.74 Å². The SMILES string of the molecule is CCCN(C(C)C)[C@@H]1COc2cccc(C(C)=O)c2C1. The van der Waals surface area contributed by atoms with Crippen LogP contribution in [0.25, 0.3) is 0 Å². The Kier molecular flexibility index (Phi) is 4.81. The lowest BCUT2D eigenvalue weighted by Crippen LogP contribution is -2.47. The van der Waals surface area contributed by atoms with Gasteiger partial charge in [-0.25, -0.2) is 0 Å². The molecule has 1 aliphatic rings. The molecule has 0 saturated heterocycles. The topological polar surface area (TPSA) is 29.5 Å². The number of hydrogen-bond acceptors (Lipinski definition) is 3. The highest BCUT2D eigenvalue weighted by atomic mass is 16.5. The predicted octanol–water partition coefficient (Wildman–Crippen LogP) is 3.31. The zero-order chi connectivity index (χ0) is 14.7. The summed E-state index contributed by atoms with van der Waals surface area (Å²) in [6.07, 6.45) is 2.04. The van der Waals surface area contributed by atoms with E-state index in [1.165, 1.54) is 0 Å². The first kappa shape index (κ1) is 15.0. The molecule has 0 amide bonds. The molecule has 0 aliphatic carbocycles. The van der Waals surface area contributed by atoms with Gasteiger partial charge in [0.05, 0.1) is 0 Å². The molecule has 2 rings (SSSR count). The van der Waals surface area contributed by atoms with E-state index in [4.69, 9.17) is 4.74 Å². The lowest BCUT2D eigenvalue weighted by atomic mass is 9.94. The second-order valence-electron chi connectivity index (χ2n) is 5.84. The number of Topliss-reactive ketones (excluding diaryl/α,β-unsaturated/α-hetero) is 1. The van der Waals surface area contributed by atoms with E-state index in [0.29, 0.717) is 18.7 Å². The standard InChI is InChI=1S/C17H25NO2/c1-5-9-18(12(2)3)14-10-16-15(13(4)19)7-6-8-17(16)20-11-14/h6-8,12,14H,5,9-11H2,1-4H3/t14-/m0/s1. The molecule has 1 aromatic rings. The van der Waals surface area contributed by atoms with Crippen LogP contribution >= 0.6 is 0 Å². The Balaban J connectivity index is 2.27. The summed E-state index contributed by atoms with van der Waals surface area (Å²) < 4.78 is 5.91. The Morgan fingerprint density at radius 2 is 2.20 bits per heavy atom. The van der Waals surface area contributed by atoms with Crippen molar-refractivity contribution in [1.82, 2.24) is 4.90 Å². The van der Waals surface area contributed by atoms with Gasteiger partial charge in [-0.2, -0.15) is 0 Å². The number of fused-ring (bicyclic) bond motifs is 1. The molecule has 0 bridgehead atoms. The lowest BCUT2D eigenvalue weighted by Gasteiger charge is -2.38. The first-order valence-electron chi connectivity index (χ1n) is 7.56. The summed E-state index contributed by atoms with van der Waals surface area (Å²) >= 11 is 0. The molecule has 0 unspecified atom stereocenters. The normalized spacial score (nSPS) is 18.0. The van der Waals surface area contributed by atoms with Crippen LogP contribution in [0.1, 0.15) is 50.0 Å². The Hall–Kier alpha value is -1.35. The molecule has 0 saturated carbocycles. The van der Waals surface area contributed by atoms with Crippen LogP contribution in [0.2, 0.25) is 0 Å². The summed E-state index contributed by atoms with van der Waals surface area (Å²) in [6, 6.07) is 6.64. The lowest BCUT2D eigenvalue weighted by molar-refractivity contribution is 0.0907. The fourth-order valence-electron chi connectivity index (χ4n) is 3.06. The minimum Gasteiger partial charge on any atom is -0.492 e. The summed E-state index contributed by atoms with van der Waals surface area (Å²) in [5.41, 5.74) is 1.89. The Morgan fingerprint density at radius 1 is 1.45 bits per heavy atom. The molecular formula is C17H25NO2. The molecule has 1 aliphatic heterocycles. The van der Waals surface area contributed by atoms with Crippen LogP contribution in [0.3, 0.4) is 0 Å². The maximum absolute atomic E-state index is 11.8. The van der Waals surface area contributed by atoms with Crippen molar-refractivity contribution in [2.24, 2.45) is 0 Å². The number of rotatable bonds is 5. The smallest absolute Gasteiger partial charge is 0.160 e. The maximum Gasteiger partial charge on any atom is 0.160 e. The summed E-state index contributed by atoms with van der Waals surface area (Å²) in [7, 11) is 0. The van der Waals surface area contributed by atoms with Crippen LogP contribution in [0, 0.1) is 0 Å². The predicted molar refractivity (Wildman–Crippen MR) is 81.6 cm³/mol. The van der Waals surface area contributed by atoms with E-state index in [2.05, 4.69) is 25.7 Å². The van der Waals surface area contributed by atoms with Crippen LogP contribution in [-0.4, -0.2) is 35.9 Å². The number of carbonyl (C=O) groups excluding carboxylic acids is 1. The third kappa shape index (κ3) is 3.04. The van der Waals surface area contributed by atoms with Crippen LogP contribution in [0.15, 0.2) is 18.2 Å². The number of hydrogen-bond donors (Lipinski definition) is 0. The second kappa shape index (κ2) is 6.40. The molecule has 3 nitrogen and oxygen atoms in total. The molecule has 110 valence electrons.